The van der Waals surface area contributed by atoms with Crippen LogP contribution in [0.15, 0.2) is 75.9 Å². The molecule has 0 bridgehead atoms. The van der Waals surface area contributed by atoms with Crippen LogP contribution in [0.3, 0.4) is 0 Å². The molecule has 0 spiro atoms. The summed E-state index contributed by atoms with van der Waals surface area (Å²) in [6, 6.07) is 18.7. The summed E-state index contributed by atoms with van der Waals surface area (Å²) in [6.07, 6.45) is 3.78. The van der Waals surface area contributed by atoms with Crippen LogP contribution in [0.5, 0.6) is 0 Å². The third-order valence-electron chi connectivity index (χ3n) is 3.05. The first kappa shape index (κ1) is 13.5. The number of rotatable bonds is 2. The van der Waals surface area contributed by atoms with Gasteiger partial charge in [0.2, 0.25) is 0 Å². The molecule has 3 rings (SSSR count). The predicted octanol–water partition coefficient (Wildman–Crippen LogP) is 5.94. The highest BCUT2D eigenvalue weighted by molar-refractivity contribution is 9.10. The van der Waals surface area contributed by atoms with Crippen LogP contribution in [0.2, 0.25) is 0 Å². The van der Waals surface area contributed by atoms with E-state index in [1.165, 1.54) is 0 Å². The van der Waals surface area contributed by atoms with Gasteiger partial charge in [-0.3, -0.25) is 4.98 Å². The van der Waals surface area contributed by atoms with Crippen molar-refractivity contribution < 1.29 is 0 Å². The van der Waals surface area contributed by atoms with Gasteiger partial charge in [0, 0.05) is 32.5 Å². The summed E-state index contributed by atoms with van der Waals surface area (Å²) in [4.78, 5) is 4.37. The Balaban J connectivity index is 2.06. The van der Waals surface area contributed by atoms with Gasteiger partial charge in [0.15, 0.2) is 0 Å². The molecule has 0 N–H and O–H groups in total. The molecule has 0 atom stereocenters. The van der Waals surface area contributed by atoms with Crippen LogP contribution in [0, 0.1) is 0 Å². The highest BCUT2D eigenvalue weighted by Gasteiger charge is 2.03. The Morgan fingerprint density at radius 2 is 1.10 bits per heavy atom. The van der Waals surface area contributed by atoms with E-state index in [1.807, 2.05) is 36.7 Å². The summed E-state index contributed by atoms with van der Waals surface area (Å²) in [7, 11) is 0. The molecule has 1 heterocycles. The standard InChI is InChI=1S/C17H11Br2N/c18-16-5-1-3-12(8-16)14-7-15(11-20-10-14)13-4-2-6-17(19)9-13/h1-11H. The van der Waals surface area contributed by atoms with E-state index in [9.17, 15) is 0 Å². The molecule has 3 aromatic rings. The first-order valence-electron chi connectivity index (χ1n) is 6.19. The minimum atomic E-state index is 1.07. The molecule has 3 heteroatoms. The second-order valence-corrected chi connectivity index (χ2v) is 6.31. The van der Waals surface area contributed by atoms with Gasteiger partial charge in [-0.25, -0.2) is 0 Å². The van der Waals surface area contributed by atoms with E-state index in [2.05, 4.69) is 67.2 Å². The normalized spacial score (nSPS) is 10.5. The van der Waals surface area contributed by atoms with Gasteiger partial charge in [0.25, 0.3) is 0 Å². The van der Waals surface area contributed by atoms with Gasteiger partial charge in [-0.2, -0.15) is 0 Å². The Labute approximate surface area is 135 Å². The molecule has 0 saturated heterocycles. The second kappa shape index (κ2) is 5.90. The number of hydrogen-bond donors (Lipinski definition) is 0. The average molecular weight is 389 g/mol. The van der Waals surface area contributed by atoms with E-state index >= 15 is 0 Å². The third kappa shape index (κ3) is 3.00. The fraction of sp³-hybridized carbons (Fsp3) is 0. The van der Waals surface area contributed by atoms with Crippen molar-refractivity contribution in [3.8, 4) is 22.3 Å². The van der Waals surface area contributed by atoms with Crippen LogP contribution in [0.25, 0.3) is 22.3 Å². The number of aromatic nitrogens is 1. The van der Waals surface area contributed by atoms with Crippen molar-refractivity contribution in [2.75, 3.05) is 0 Å². The lowest BCUT2D eigenvalue weighted by Gasteiger charge is -2.06. The Morgan fingerprint density at radius 1 is 0.600 bits per heavy atom. The van der Waals surface area contributed by atoms with Crippen molar-refractivity contribution in [1.82, 2.24) is 4.98 Å². The SMILES string of the molecule is Brc1cccc(-c2cncc(-c3cccc(Br)c3)c2)c1. The van der Waals surface area contributed by atoms with Gasteiger partial charge < -0.3 is 0 Å². The Bertz CT molecular complexity index is 692. The molecule has 98 valence electrons. The van der Waals surface area contributed by atoms with Crippen LogP contribution in [0.1, 0.15) is 0 Å². The van der Waals surface area contributed by atoms with Crippen LogP contribution in [0.4, 0.5) is 0 Å². The lowest BCUT2D eigenvalue weighted by Crippen LogP contribution is -1.84. The average Bonchev–Trinajstić information content (AvgIpc) is 2.47. The maximum atomic E-state index is 4.37. The van der Waals surface area contributed by atoms with Gasteiger partial charge in [0.05, 0.1) is 0 Å². The molecule has 0 saturated carbocycles. The predicted molar refractivity (Wildman–Crippen MR) is 90.5 cm³/mol. The number of halogens is 2. The van der Waals surface area contributed by atoms with Crippen molar-refractivity contribution in [2.24, 2.45) is 0 Å². The zero-order valence-corrected chi connectivity index (χ0v) is 13.7. The molecule has 1 aromatic heterocycles. The molecule has 20 heavy (non-hydrogen) atoms. The second-order valence-electron chi connectivity index (χ2n) is 4.48. The molecule has 0 fully saturated rings. The molecule has 0 aliphatic rings. The molecule has 2 aromatic carbocycles. The van der Waals surface area contributed by atoms with Crippen molar-refractivity contribution in [2.45, 2.75) is 0 Å². The number of benzene rings is 2. The Hall–Kier alpha value is -1.45. The largest absolute Gasteiger partial charge is 0.263 e. The minimum Gasteiger partial charge on any atom is -0.263 e. The number of nitrogens with zero attached hydrogens (tertiary/aromatic N) is 1. The molecule has 0 aliphatic carbocycles. The monoisotopic (exact) mass is 387 g/mol. The Morgan fingerprint density at radius 3 is 1.55 bits per heavy atom. The lowest BCUT2D eigenvalue weighted by atomic mass is 10.0. The summed E-state index contributed by atoms with van der Waals surface area (Å²) in [5, 5.41) is 0. The topological polar surface area (TPSA) is 12.9 Å². The van der Waals surface area contributed by atoms with Gasteiger partial charge in [0.1, 0.15) is 0 Å². The zero-order valence-electron chi connectivity index (χ0n) is 10.6. The lowest BCUT2D eigenvalue weighted by molar-refractivity contribution is 1.33. The van der Waals surface area contributed by atoms with Crippen molar-refractivity contribution >= 4 is 31.9 Å². The first-order valence-corrected chi connectivity index (χ1v) is 7.78. The highest BCUT2D eigenvalue weighted by Crippen LogP contribution is 2.28. The van der Waals surface area contributed by atoms with Crippen molar-refractivity contribution in [1.29, 1.82) is 0 Å². The summed E-state index contributed by atoms with van der Waals surface area (Å²) in [5.41, 5.74) is 4.54. The molecule has 1 nitrogen and oxygen atoms in total. The minimum absolute atomic E-state index is 1.07. The fourth-order valence-corrected chi connectivity index (χ4v) is 2.89. The highest BCUT2D eigenvalue weighted by atomic mass is 79.9. The fourth-order valence-electron chi connectivity index (χ4n) is 2.09. The maximum absolute atomic E-state index is 4.37. The van der Waals surface area contributed by atoms with E-state index < -0.39 is 0 Å². The molecule has 0 aliphatic heterocycles. The van der Waals surface area contributed by atoms with E-state index in [-0.39, 0.29) is 0 Å². The van der Waals surface area contributed by atoms with Gasteiger partial charge in [-0.1, -0.05) is 56.1 Å². The van der Waals surface area contributed by atoms with E-state index in [0.717, 1.165) is 31.2 Å². The molecule has 0 unspecified atom stereocenters. The van der Waals surface area contributed by atoms with E-state index in [4.69, 9.17) is 0 Å². The van der Waals surface area contributed by atoms with Gasteiger partial charge >= 0.3 is 0 Å². The van der Waals surface area contributed by atoms with Crippen LogP contribution in [-0.2, 0) is 0 Å². The summed E-state index contributed by atoms with van der Waals surface area (Å²) in [6.45, 7) is 0. The van der Waals surface area contributed by atoms with E-state index in [1.54, 1.807) is 0 Å². The quantitative estimate of drug-likeness (QED) is 0.529. The van der Waals surface area contributed by atoms with Crippen LogP contribution >= 0.6 is 31.9 Å². The third-order valence-corrected chi connectivity index (χ3v) is 4.04. The van der Waals surface area contributed by atoms with Gasteiger partial charge in [-0.15, -0.1) is 0 Å². The molecular weight excluding hydrogens is 378 g/mol. The molecule has 0 amide bonds. The molecule has 0 radical (unpaired) electrons. The summed E-state index contributed by atoms with van der Waals surface area (Å²) >= 11 is 7.01. The van der Waals surface area contributed by atoms with Crippen LogP contribution in [-0.4, -0.2) is 4.98 Å². The summed E-state index contributed by atoms with van der Waals surface area (Å²) in [5.74, 6) is 0. The van der Waals surface area contributed by atoms with Crippen molar-refractivity contribution in [3.05, 3.63) is 75.9 Å². The number of hydrogen-bond acceptors (Lipinski definition) is 1. The Kier molecular flexibility index (Phi) is 3.99. The van der Waals surface area contributed by atoms with Crippen molar-refractivity contribution in [3.63, 3.8) is 0 Å². The zero-order chi connectivity index (χ0) is 13.9. The van der Waals surface area contributed by atoms with E-state index in [0.29, 0.717) is 0 Å². The van der Waals surface area contributed by atoms with Gasteiger partial charge in [-0.05, 0) is 41.5 Å². The first-order chi connectivity index (χ1) is 9.72. The van der Waals surface area contributed by atoms with Crippen LogP contribution < -0.4 is 0 Å². The molecular formula is C17H11Br2N. The summed E-state index contributed by atoms with van der Waals surface area (Å²) < 4.78 is 2.14. The number of pyridine rings is 1. The smallest absolute Gasteiger partial charge is 0.0346 e. The maximum Gasteiger partial charge on any atom is 0.0346 e.